The zero-order valence-corrected chi connectivity index (χ0v) is 10.7. The molecule has 1 aromatic carbocycles. The Balaban J connectivity index is 2.29. The lowest BCUT2D eigenvalue weighted by atomic mass is 9.95. The highest BCUT2D eigenvalue weighted by Gasteiger charge is 2.05. The number of benzene rings is 1. The number of aliphatic hydroxyl groups is 1. The maximum absolute atomic E-state index is 8.81. The predicted octanol–water partition coefficient (Wildman–Crippen LogP) is 3.24. The second-order valence-electron chi connectivity index (χ2n) is 4.06. The van der Waals surface area contributed by atoms with Crippen molar-refractivity contribution in [2.45, 2.75) is 19.3 Å². The van der Waals surface area contributed by atoms with Crippen molar-refractivity contribution in [3.8, 4) is 0 Å². The molecular formula is C14H19NOS. The fourth-order valence-corrected chi connectivity index (χ4v) is 1.88. The van der Waals surface area contributed by atoms with Gasteiger partial charge in [-0.3, -0.25) is 0 Å². The predicted molar refractivity (Wildman–Crippen MR) is 76.3 cm³/mol. The van der Waals surface area contributed by atoms with Gasteiger partial charge in [0.2, 0.25) is 0 Å². The molecule has 0 heterocycles. The monoisotopic (exact) mass is 249 g/mol. The molecule has 3 heteroatoms. The van der Waals surface area contributed by atoms with Crippen LogP contribution < -0.4 is 5.32 Å². The first kappa shape index (κ1) is 13.7. The SMILES string of the molecule is C=CC(CCCNC(O)=S)Cc1ccccc1. The fourth-order valence-electron chi connectivity index (χ4n) is 1.78. The Hall–Kier alpha value is -1.35. The average molecular weight is 249 g/mol. The van der Waals surface area contributed by atoms with Gasteiger partial charge in [0.25, 0.3) is 5.17 Å². The highest BCUT2D eigenvalue weighted by Crippen LogP contribution is 2.14. The van der Waals surface area contributed by atoms with Crippen molar-refractivity contribution in [1.82, 2.24) is 5.32 Å². The molecule has 1 aromatic rings. The summed E-state index contributed by atoms with van der Waals surface area (Å²) in [5.74, 6) is 0.478. The molecule has 0 aliphatic carbocycles. The van der Waals surface area contributed by atoms with Gasteiger partial charge in [-0.25, -0.2) is 0 Å². The average Bonchev–Trinajstić information content (AvgIpc) is 2.34. The molecule has 0 radical (unpaired) electrons. The zero-order valence-electron chi connectivity index (χ0n) is 9.93. The smallest absolute Gasteiger partial charge is 0.254 e. The van der Waals surface area contributed by atoms with Crippen LogP contribution in [0.5, 0.6) is 0 Å². The van der Waals surface area contributed by atoms with Gasteiger partial charge >= 0.3 is 0 Å². The van der Waals surface area contributed by atoms with Crippen molar-refractivity contribution >= 4 is 17.4 Å². The lowest BCUT2D eigenvalue weighted by Crippen LogP contribution is -2.22. The van der Waals surface area contributed by atoms with Crippen molar-refractivity contribution < 1.29 is 5.11 Å². The van der Waals surface area contributed by atoms with Crippen LogP contribution in [0.1, 0.15) is 18.4 Å². The van der Waals surface area contributed by atoms with E-state index >= 15 is 0 Å². The maximum atomic E-state index is 8.81. The number of nitrogens with one attached hydrogen (secondary N) is 1. The van der Waals surface area contributed by atoms with E-state index in [1.807, 2.05) is 12.1 Å². The Kier molecular flexibility index (Phi) is 6.33. The summed E-state index contributed by atoms with van der Waals surface area (Å²) < 4.78 is 0. The summed E-state index contributed by atoms with van der Waals surface area (Å²) in [5.41, 5.74) is 1.34. The van der Waals surface area contributed by atoms with E-state index in [9.17, 15) is 0 Å². The molecule has 0 amide bonds. The molecule has 0 fully saturated rings. The Morgan fingerprint density at radius 1 is 1.41 bits per heavy atom. The van der Waals surface area contributed by atoms with Crippen molar-refractivity contribution in [2.75, 3.05) is 6.54 Å². The van der Waals surface area contributed by atoms with Crippen LogP contribution in [0.15, 0.2) is 43.0 Å². The maximum Gasteiger partial charge on any atom is 0.254 e. The van der Waals surface area contributed by atoms with Gasteiger partial charge < -0.3 is 10.4 Å². The fraction of sp³-hybridized carbons (Fsp3) is 0.357. The molecule has 2 nitrogen and oxygen atoms in total. The first-order valence-electron chi connectivity index (χ1n) is 5.85. The lowest BCUT2D eigenvalue weighted by molar-refractivity contribution is 0.509. The summed E-state index contributed by atoms with van der Waals surface area (Å²) in [7, 11) is 0. The van der Waals surface area contributed by atoms with E-state index in [1.54, 1.807) is 0 Å². The van der Waals surface area contributed by atoms with E-state index in [-0.39, 0.29) is 5.17 Å². The van der Waals surface area contributed by atoms with Crippen LogP contribution in [-0.2, 0) is 6.42 Å². The highest BCUT2D eigenvalue weighted by atomic mass is 32.1. The minimum atomic E-state index is -0.122. The molecule has 1 atom stereocenters. The van der Waals surface area contributed by atoms with Crippen molar-refractivity contribution in [1.29, 1.82) is 0 Å². The molecule has 0 saturated heterocycles. The standard InChI is InChI=1S/C14H19NOS/c1-2-12(9-6-10-15-14(16)17)11-13-7-4-3-5-8-13/h2-5,7-8,12H,1,6,9-11H2,(H2,15,16,17). The van der Waals surface area contributed by atoms with Crippen LogP contribution >= 0.6 is 12.2 Å². The summed E-state index contributed by atoms with van der Waals surface area (Å²) in [6.45, 7) is 4.59. The molecule has 0 aromatic heterocycles. The third-order valence-electron chi connectivity index (χ3n) is 2.70. The van der Waals surface area contributed by atoms with Gasteiger partial charge in [0.15, 0.2) is 0 Å². The molecule has 2 N–H and O–H groups in total. The van der Waals surface area contributed by atoms with E-state index in [1.165, 1.54) is 5.56 Å². The quantitative estimate of drug-likeness (QED) is 0.442. The van der Waals surface area contributed by atoms with E-state index in [2.05, 4.69) is 48.4 Å². The molecule has 0 aliphatic heterocycles. The van der Waals surface area contributed by atoms with E-state index in [4.69, 9.17) is 5.11 Å². The molecule has 92 valence electrons. The van der Waals surface area contributed by atoms with Gasteiger partial charge in [-0.2, -0.15) is 0 Å². The van der Waals surface area contributed by atoms with Crippen LogP contribution in [0.4, 0.5) is 0 Å². The molecule has 0 aliphatic rings. The van der Waals surface area contributed by atoms with Gasteiger partial charge in [-0.05, 0) is 43.0 Å². The second-order valence-corrected chi connectivity index (χ2v) is 4.45. The first-order valence-corrected chi connectivity index (χ1v) is 6.26. The molecule has 17 heavy (non-hydrogen) atoms. The molecule has 0 bridgehead atoms. The van der Waals surface area contributed by atoms with E-state index < -0.39 is 0 Å². The number of hydrogen-bond donors (Lipinski definition) is 2. The topological polar surface area (TPSA) is 32.3 Å². The second kappa shape index (κ2) is 7.85. The summed E-state index contributed by atoms with van der Waals surface area (Å²) >= 11 is 4.53. The zero-order chi connectivity index (χ0) is 12.5. The van der Waals surface area contributed by atoms with Gasteiger partial charge in [0.05, 0.1) is 0 Å². The van der Waals surface area contributed by atoms with E-state index in [0.717, 1.165) is 19.3 Å². The first-order chi connectivity index (χ1) is 8.22. The third kappa shape index (κ3) is 6.07. The van der Waals surface area contributed by atoms with Crippen LogP contribution in [0.3, 0.4) is 0 Å². The Morgan fingerprint density at radius 2 is 2.12 bits per heavy atom. The third-order valence-corrected chi connectivity index (χ3v) is 2.85. The Labute approximate surface area is 108 Å². The molecule has 0 saturated carbocycles. The minimum Gasteiger partial charge on any atom is -0.487 e. The summed E-state index contributed by atoms with van der Waals surface area (Å²) in [4.78, 5) is 0. The van der Waals surface area contributed by atoms with Crippen LogP contribution in [-0.4, -0.2) is 16.8 Å². The van der Waals surface area contributed by atoms with Crippen LogP contribution in [0, 0.1) is 5.92 Å². The molecule has 0 spiro atoms. The number of aliphatic hydroxyl groups excluding tert-OH is 1. The summed E-state index contributed by atoms with van der Waals surface area (Å²) in [6, 6.07) is 10.4. The number of hydrogen-bond acceptors (Lipinski definition) is 1. The van der Waals surface area contributed by atoms with E-state index in [0.29, 0.717) is 12.5 Å². The highest BCUT2D eigenvalue weighted by molar-refractivity contribution is 7.79. The van der Waals surface area contributed by atoms with Crippen molar-refractivity contribution in [3.63, 3.8) is 0 Å². The van der Waals surface area contributed by atoms with Gasteiger partial charge in [-0.1, -0.05) is 36.4 Å². The van der Waals surface area contributed by atoms with Crippen molar-refractivity contribution in [3.05, 3.63) is 48.6 Å². The van der Waals surface area contributed by atoms with Gasteiger partial charge in [-0.15, -0.1) is 6.58 Å². The summed E-state index contributed by atoms with van der Waals surface area (Å²) in [6.07, 6.45) is 5.05. The molecular weight excluding hydrogens is 230 g/mol. The van der Waals surface area contributed by atoms with Crippen LogP contribution in [0.2, 0.25) is 0 Å². The molecule has 1 rings (SSSR count). The Morgan fingerprint density at radius 3 is 2.71 bits per heavy atom. The normalized spacial score (nSPS) is 11.8. The lowest BCUT2D eigenvalue weighted by Gasteiger charge is -2.12. The van der Waals surface area contributed by atoms with Gasteiger partial charge in [0.1, 0.15) is 0 Å². The number of allylic oxidation sites excluding steroid dienone is 1. The van der Waals surface area contributed by atoms with Crippen molar-refractivity contribution in [2.24, 2.45) is 5.92 Å². The molecule has 1 unspecified atom stereocenters. The number of rotatable bonds is 7. The summed E-state index contributed by atoms with van der Waals surface area (Å²) in [5, 5.41) is 11.4. The minimum absolute atomic E-state index is 0.122. The van der Waals surface area contributed by atoms with Gasteiger partial charge in [0, 0.05) is 6.54 Å². The number of thiocarbonyl (C=S) groups is 1. The van der Waals surface area contributed by atoms with Crippen LogP contribution in [0.25, 0.3) is 0 Å². The Bertz CT molecular complexity index is 350. The largest absolute Gasteiger partial charge is 0.487 e.